The molecule has 0 fully saturated rings. The van der Waals surface area contributed by atoms with Crippen LogP contribution < -0.4 is 11.1 Å². The molecule has 6 nitrogen and oxygen atoms in total. The largest absolute Gasteiger partial charge is 0.370 e. The number of nitro groups is 1. The fourth-order valence-corrected chi connectivity index (χ4v) is 1.98. The highest BCUT2D eigenvalue weighted by atomic mass is 79.9. The summed E-state index contributed by atoms with van der Waals surface area (Å²) in [5, 5.41) is 13.9. The molecular formula is C12H16BrN3O3. The Bertz CT molecular complexity index is 466. The van der Waals surface area contributed by atoms with E-state index < -0.39 is 4.92 Å². The molecule has 0 aliphatic rings. The number of unbranched alkanes of at least 4 members (excludes halogenated alkanes) is 1. The van der Waals surface area contributed by atoms with Crippen molar-refractivity contribution in [1.29, 1.82) is 0 Å². The van der Waals surface area contributed by atoms with Gasteiger partial charge in [0.1, 0.15) is 0 Å². The molecule has 7 heteroatoms. The van der Waals surface area contributed by atoms with Crippen LogP contribution in [0.15, 0.2) is 22.7 Å². The van der Waals surface area contributed by atoms with E-state index >= 15 is 0 Å². The molecular weight excluding hydrogens is 314 g/mol. The predicted molar refractivity (Wildman–Crippen MR) is 75.5 cm³/mol. The Kier molecular flexibility index (Phi) is 6.44. The molecule has 0 saturated heterocycles. The van der Waals surface area contributed by atoms with Crippen molar-refractivity contribution in [3.05, 3.63) is 38.3 Å². The summed E-state index contributed by atoms with van der Waals surface area (Å²) >= 11 is 3.14. The summed E-state index contributed by atoms with van der Waals surface area (Å²) in [6.07, 6.45) is 2.00. The normalized spacial score (nSPS) is 10.4. The first-order chi connectivity index (χ1) is 9.00. The van der Waals surface area contributed by atoms with Gasteiger partial charge in [0, 0.05) is 19.0 Å². The average molecular weight is 330 g/mol. The maximum atomic E-state index is 10.8. The van der Waals surface area contributed by atoms with E-state index in [4.69, 9.17) is 5.73 Å². The molecule has 19 heavy (non-hydrogen) atoms. The molecule has 0 aliphatic heterocycles. The Hall–Kier alpha value is -1.47. The summed E-state index contributed by atoms with van der Waals surface area (Å²) in [6.45, 7) is 1.31. The Morgan fingerprint density at radius 1 is 1.42 bits per heavy atom. The molecule has 0 radical (unpaired) electrons. The Morgan fingerprint density at radius 3 is 2.79 bits per heavy atom. The lowest BCUT2D eigenvalue weighted by Crippen LogP contribution is -2.16. The number of halogens is 1. The molecule has 1 aromatic carbocycles. The minimum atomic E-state index is -0.416. The van der Waals surface area contributed by atoms with Gasteiger partial charge in [0.2, 0.25) is 5.91 Å². The standard InChI is InChI=1S/C12H16BrN3O3/c13-10-5-4-9(7-11(10)16(18)19)8-15-6-2-1-3-12(14)17/h4-5,7,15H,1-3,6,8H2,(H2,14,17). The van der Waals surface area contributed by atoms with Crippen LogP contribution >= 0.6 is 15.9 Å². The Morgan fingerprint density at radius 2 is 2.16 bits per heavy atom. The van der Waals surface area contributed by atoms with Gasteiger partial charge in [0.05, 0.1) is 9.40 Å². The highest BCUT2D eigenvalue weighted by molar-refractivity contribution is 9.10. The van der Waals surface area contributed by atoms with Crippen molar-refractivity contribution >= 4 is 27.5 Å². The van der Waals surface area contributed by atoms with E-state index in [1.54, 1.807) is 12.1 Å². The fraction of sp³-hybridized carbons (Fsp3) is 0.417. The van der Waals surface area contributed by atoms with Gasteiger partial charge in [0.25, 0.3) is 5.69 Å². The number of primary amides is 1. The lowest BCUT2D eigenvalue weighted by Gasteiger charge is -2.05. The van der Waals surface area contributed by atoms with Crippen LogP contribution in [0.1, 0.15) is 24.8 Å². The number of nitrogens with one attached hydrogen (secondary N) is 1. The molecule has 3 N–H and O–H groups in total. The number of hydrogen-bond acceptors (Lipinski definition) is 4. The van der Waals surface area contributed by atoms with Crippen LogP contribution in [0, 0.1) is 10.1 Å². The van der Waals surface area contributed by atoms with Crippen molar-refractivity contribution in [3.63, 3.8) is 0 Å². The van der Waals surface area contributed by atoms with Crippen LogP contribution in [-0.2, 0) is 11.3 Å². The number of nitrogens with two attached hydrogens (primary N) is 1. The lowest BCUT2D eigenvalue weighted by atomic mass is 10.2. The number of nitrogens with zero attached hydrogens (tertiary/aromatic N) is 1. The zero-order chi connectivity index (χ0) is 14.3. The number of nitro benzene ring substituents is 1. The van der Waals surface area contributed by atoms with Crippen LogP contribution in [-0.4, -0.2) is 17.4 Å². The van der Waals surface area contributed by atoms with Crippen LogP contribution in [0.25, 0.3) is 0 Å². The topological polar surface area (TPSA) is 98.3 Å². The van der Waals surface area contributed by atoms with E-state index in [1.807, 2.05) is 6.07 Å². The number of amides is 1. The number of carbonyl (C=O) groups excluding carboxylic acids is 1. The molecule has 0 heterocycles. The number of benzene rings is 1. The monoisotopic (exact) mass is 329 g/mol. The molecule has 0 bridgehead atoms. The summed E-state index contributed by atoms with van der Waals surface area (Å²) < 4.78 is 0.475. The third-order valence-electron chi connectivity index (χ3n) is 2.56. The van der Waals surface area contributed by atoms with Gasteiger partial charge in [0.15, 0.2) is 0 Å². The highest BCUT2D eigenvalue weighted by Gasteiger charge is 2.11. The van der Waals surface area contributed by atoms with Gasteiger partial charge in [-0.15, -0.1) is 0 Å². The van der Waals surface area contributed by atoms with E-state index in [1.165, 1.54) is 0 Å². The molecule has 0 aliphatic carbocycles. The summed E-state index contributed by atoms with van der Waals surface area (Å²) in [7, 11) is 0. The van der Waals surface area contributed by atoms with Crippen molar-refractivity contribution in [2.45, 2.75) is 25.8 Å². The Labute approximate surface area is 119 Å². The second kappa shape index (κ2) is 7.85. The van der Waals surface area contributed by atoms with Crippen LogP contribution in [0.4, 0.5) is 5.69 Å². The molecule has 104 valence electrons. The summed E-state index contributed by atoms with van der Waals surface area (Å²) in [6, 6.07) is 5.04. The molecule has 0 aromatic heterocycles. The van der Waals surface area contributed by atoms with E-state index in [0.29, 0.717) is 17.4 Å². The van der Waals surface area contributed by atoms with Crippen molar-refractivity contribution in [2.75, 3.05) is 6.54 Å². The number of rotatable bonds is 8. The van der Waals surface area contributed by atoms with Crippen molar-refractivity contribution in [2.24, 2.45) is 5.73 Å². The highest BCUT2D eigenvalue weighted by Crippen LogP contribution is 2.25. The van der Waals surface area contributed by atoms with Gasteiger partial charge in [-0.25, -0.2) is 0 Å². The van der Waals surface area contributed by atoms with Gasteiger partial charge in [-0.1, -0.05) is 6.07 Å². The zero-order valence-corrected chi connectivity index (χ0v) is 12.0. The molecule has 1 rings (SSSR count). The van der Waals surface area contributed by atoms with E-state index in [9.17, 15) is 14.9 Å². The quantitative estimate of drug-likeness (QED) is 0.433. The van der Waals surface area contributed by atoms with Crippen LogP contribution in [0.2, 0.25) is 0 Å². The number of carbonyl (C=O) groups is 1. The van der Waals surface area contributed by atoms with Crippen LogP contribution in [0.5, 0.6) is 0 Å². The van der Waals surface area contributed by atoms with Gasteiger partial charge in [-0.05, 0) is 46.9 Å². The SMILES string of the molecule is NC(=O)CCCCNCc1ccc(Br)c([N+](=O)[O-])c1. The molecule has 0 saturated carbocycles. The number of hydrogen-bond donors (Lipinski definition) is 2. The molecule has 0 spiro atoms. The third-order valence-corrected chi connectivity index (χ3v) is 3.23. The van der Waals surface area contributed by atoms with Gasteiger partial charge < -0.3 is 11.1 Å². The second-order valence-corrected chi connectivity index (χ2v) is 5.00. The maximum absolute atomic E-state index is 10.8. The predicted octanol–water partition coefficient (Wildman–Crippen LogP) is 2.10. The van der Waals surface area contributed by atoms with E-state index in [2.05, 4.69) is 21.2 Å². The van der Waals surface area contributed by atoms with Crippen molar-refractivity contribution < 1.29 is 9.72 Å². The van der Waals surface area contributed by atoms with E-state index in [0.717, 1.165) is 24.9 Å². The summed E-state index contributed by atoms with van der Waals surface area (Å²) in [5.41, 5.74) is 5.94. The minimum absolute atomic E-state index is 0.0630. The van der Waals surface area contributed by atoms with Gasteiger partial charge in [-0.2, -0.15) is 0 Å². The first-order valence-electron chi connectivity index (χ1n) is 5.92. The first-order valence-corrected chi connectivity index (χ1v) is 6.72. The smallest absolute Gasteiger partial charge is 0.283 e. The molecule has 0 atom stereocenters. The van der Waals surface area contributed by atoms with Gasteiger partial charge >= 0.3 is 0 Å². The molecule has 1 amide bonds. The molecule has 0 unspecified atom stereocenters. The lowest BCUT2D eigenvalue weighted by molar-refractivity contribution is -0.385. The first kappa shape index (κ1) is 15.6. The Balaban J connectivity index is 2.35. The summed E-state index contributed by atoms with van der Waals surface area (Å²) in [5.74, 6) is -0.288. The fourth-order valence-electron chi connectivity index (χ4n) is 1.59. The van der Waals surface area contributed by atoms with Gasteiger partial charge in [-0.3, -0.25) is 14.9 Å². The molecule has 1 aromatic rings. The zero-order valence-electron chi connectivity index (χ0n) is 10.4. The van der Waals surface area contributed by atoms with Crippen molar-refractivity contribution in [3.8, 4) is 0 Å². The second-order valence-electron chi connectivity index (χ2n) is 4.14. The van der Waals surface area contributed by atoms with Crippen LogP contribution in [0.3, 0.4) is 0 Å². The minimum Gasteiger partial charge on any atom is -0.370 e. The van der Waals surface area contributed by atoms with Crippen molar-refractivity contribution in [1.82, 2.24) is 5.32 Å². The third kappa shape index (κ3) is 5.80. The summed E-state index contributed by atoms with van der Waals surface area (Å²) in [4.78, 5) is 20.9. The maximum Gasteiger partial charge on any atom is 0.283 e. The average Bonchev–Trinajstić information content (AvgIpc) is 2.34. The van der Waals surface area contributed by atoms with E-state index in [-0.39, 0.29) is 11.6 Å².